The van der Waals surface area contributed by atoms with Crippen molar-refractivity contribution >= 4 is 0 Å². The third-order valence-electron chi connectivity index (χ3n) is 3.43. The highest BCUT2D eigenvalue weighted by Gasteiger charge is 2.20. The molecule has 1 heterocycles. The van der Waals surface area contributed by atoms with Gasteiger partial charge >= 0.3 is 0 Å². The fraction of sp³-hybridized carbons (Fsp3) is 0.250. The first-order valence-electron chi connectivity index (χ1n) is 6.10. The van der Waals surface area contributed by atoms with Crippen molar-refractivity contribution in [2.24, 2.45) is 0 Å². The Bertz CT molecular complexity index is 513. The predicted molar refractivity (Wildman–Crippen MR) is 69.6 cm³/mol. The smallest absolute Gasteiger partial charge is 0.122 e. The number of benzene rings is 2. The molecule has 1 aliphatic rings. The van der Waals surface area contributed by atoms with Gasteiger partial charge in [-0.3, -0.25) is 0 Å². The Kier molecular flexibility index (Phi) is 2.60. The van der Waals surface area contributed by atoms with Crippen molar-refractivity contribution in [1.82, 2.24) is 0 Å². The van der Waals surface area contributed by atoms with Crippen LogP contribution in [0.5, 0.6) is 5.75 Å². The highest BCUT2D eigenvalue weighted by Crippen LogP contribution is 2.32. The van der Waals surface area contributed by atoms with Gasteiger partial charge in [-0.2, -0.15) is 0 Å². The van der Waals surface area contributed by atoms with Crippen molar-refractivity contribution in [2.75, 3.05) is 6.61 Å². The zero-order valence-corrected chi connectivity index (χ0v) is 10.0. The summed E-state index contributed by atoms with van der Waals surface area (Å²) in [5, 5.41) is 0. The molecule has 0 radical (unpaired) electrons. The van der Waals surface area contributed by atoms with Gasteiger partial charge in [-0.25, -0.2) is 0 Å². The summed E-state index contributed by atoms with van der Waals surface area (Å²) in [5.41, 5.74) is 4.01. The molecule has 2 aromatic rings. The van der Waals surface area contributed by atoms with E-state index >= 15 is 0 Å². The first-order valence-corrected chi connectivity index (χ1v) is 6.10. The summed E-state index contributed by atoms with van der Waals surface area (Å²) in [6.45, 7) is 2.91. The average Bonchev–Trinajstić information content (AvgIpc) is 2.39. The molecule has 0 aromatic heterocycles. The quantitative estimate of drug-likeness (QED) is 0.717. The van der Waals surface area contributed by atoms with Crippen LogP contribution in [0.3, 0.4) is 0 Å². The lowest BCUT2D eigenvalue weighted by atomic mass is 9.90. The van der Waals surface area contributed by atoms with Crippen molar-refractivity contribution in [1.29, 1.82) is 0 Å². The largest absolute Gasteiger partial charge is 0.493 e. The number of aryl methyl sites for hydroxylation is 1. The standard InChI is InChI=1S/C16H16O/c1-12-6-8-13(9-7-12)15-10-14-4-2-3-5-16(14)17-11-15/h2-9,15H,10-11H2,1H3. The van der Waals surface area contributed by atoms with Crippen molar-refractivity contribution in [3.8, 4) is 5.75 Å². The number of hydrogen-bond donors (Lipinski definition) is 0. The Morgan fingerprint density at radius 3 is 2.59 bits per heavy atom. The van der Waals surface area contributed by atoms with Crippen molar-refractivity contribution in [2.45, 2.75) is 19.3 Å². The van der Waals surface area contributed by atoms with E-state index in [4.69, 9.17) is 4.74 Å². The van der Waals surface area contributed by atoms with E-state index in [1.54, 1.807) is 0 Å². The fourth-order valence-electron chi connectivity index (χ4n) is 2.38. The van der Waals surface area contributed by atoms with E-state index in [0.29, 0.717) is 5.92 Å². The summed E-state index contributed by atoms with van der Waals surface area (Å²) in [7, 11) is 0. The summed E-state index contributed by atoms with van der Waals surface area (Å²) in [6.07, 6.45) is 1.08. The van der Waals surface area contributed by atoms with Crippen LogP contribution < -0.4 is 4.74 Å². The molecule has 0 N–H and O–H groups in total. The molecule has 1 heteroatoms. The van der Waals surface area contributed by atoms with E-state index in [9.17, 15) is 0 Å². The van der Waals surface area contributed by atoms with Gasteiger partial charge in [-0.1, -0.05) is 48.0 Å². The Labute approximate surface area is 102 Å². The second kappa shape index (κ2) is 4.25. The molecule has 0 aliphatic carbocycles. The molecule has 0 saturated carbocycles. The molecule has 0 bridgehead atoms. The maximum atomic E-state index is 5.82. The molecule has 1 nitrogen and oxygen atoms in total. The number of fused-ring (bicyclic) bond motifs is 1. The van der Waals surface area contributed by atoms with E-state index in [1.165, 1.54) is 16.7 Å². The predicted octanol–water partition coefficient (Wildman–Crippen LogP) is 3.71. The molecule has 0 fully saturated rings. The summed E-state index contributed by atoms with van der Waals surface area (Å²) in [5.74, 6) is 1.54. The molecule has 1 atom stereocenters. The Morgan fingerprint density at radius 2 is 1.76 bits per heavy atom. The molecule has 1 aliphatic heterocycles. The summed E-state index contributed by atoms with van der Waals surface area (Å²) in [4.78, 5) is 0. The van der Waals surface area contributed by atoms with Crippen molar-refractivity contribution in [3.05, 3.63) is 65.2 Å². The van der Waals surface area contributed by atoms with Gasteiger partial charge in [-0.15, -0.1) is 0 Å². The van der Waals surface area contributed by atoms with Gasteiger partial charge in [0, 0.05) is 5.92 Å². The van der Waals surface area contributed by atoms with Gasteiger partial charge in [0.05, 0.1) is 6.61 Å². The molecule has 0 saturated heterocycles. The maximum absolute atomic E-state index is 5.82. The van der Waals surface area contributed by atoms with Crippen LogP contribution >= 0.6 is 0 Å². The molecule has 0 spiro atoms. The first-order chi connectivity index (χ1) is 8.33. The van der Waals surface area contributed by atoms with E-state index in [1.807, 2.05) is 6.07 Å². The van der Waals surface area contributed by atoms with E-state index in [2.05, 4.69) is 49.4 Å². The lowest BCUT2D eigenvalue weighted by Gasteiger charge is -2.25. The minimum atomic E-state index is 0.491. The molecular weight excluding hydrogens is 208 g/mol. The van der Waals surface area contributed by atoms with Gasteiger partial charge in [0.25, 0.3) is 0 Å². The highest BCUT2D eigenvalue weighted by atomic mass is 16.5. The second-order valence-corrected chi connectivity index (χ2v) is 4.73. The number of para-hydroxylation sites is 1. The topological polar surface area (TPSA) is 9.23 Å². The second-order valence-electron chi connectivity index (χ2n) is 4.73. The van der Waals surface area contributed by atoms with Gasteiger partial charge in [0.15, 0.2) is 0 Å². The molecule has 3 rings (SSSR count). The van der Waals surface area contributed by atoms with Crippen LogP contribution in [-0.4, -0.2) is 6.61 Å². The van der Waals surface area contributed by atoms with Crippen LogP contribution in [0.4, 0.5) is 0 Å². The number of ether oxygens (including phenoxy) is 1. The fourth-order valence-corrected chi connectivity index (χ4v) is 2.38. The first kappa shape index (κ1) is 10.4. The molecular formula is C16H16O. The number of hydrogen-bond acceptors (Lipinski definition) is 1. The zero-order chi connectivity index (χ0) is 11.7. The SMILES string of the molecule is Cc1ccc(C2COc3ccccc3C2)cc1. The van der Waals surface area contributed by atoms with E-state index in [0.717, 1.165) is 18.8 Å². The zero-order valence-electron chi connectivity index (χ0n) is 10.0. The van der Waals surface area contributed by atoms with Gasteiger partial charge in [0.2, 0.25) is 0 Å². The maximum Gasteiger partial charge on any atom is 0.122 e. The third kappa shape index (κ3) is 2.05. The highest BCUT2D eigenvalue weighted by molar-refractivity contribution is 5.38. The van der Waals surface area contributed by atoms with E-state index < -0.39 is 0 Å². The molecule has 86 valence electrons. The Hall–Kier alpha value is -1.76. The number of rotatable bonds is 1. The summed E-state index contributed by atoms with van der Waals surface area (Å²) in [6, 6.07) is 17.1. The molecule has 0 amide bonds. The molecule has 17 heavy (non-hydrogen) atoms. The monoisotopic (exact) mass is 224 g/mol. The molecule has 1 unspecified atom stereocenters. The van der Waals surface area contributed by atoms with Crippen molar-refractivity contribution in [3.63, 3.8) is 0 Å². The van der Waals surface area contributed by atoms with Gasteiger partial charge in [0.1, 0.15) is 5.75 Å². The Morgan fingerprint density at radius 1 is 1.00 bits per heavy atom. The van der Waals surface area contributed by atoms with Gasteiger partial charge in [-0.05, 0) is 30.5 Å². The van der Waals surface area contributed by atoms with Crippen LogP contribution in [0.15, 0.2) is 48.5 Å². The lowest BCUT2D eigenvalue weighted by Crippen LogP contribution is -2.18. The van der Waals surface area contributed by atoms with Crippen LogP contribution in [0.2, 0.25) is 0 Å². The minimum absolute atomic E-state index is 0.491. The Balaban J connectivity index is 1.86. The average molecular weight is 224 g/mol. The van der Waals surface area contributed by atoms with E-state index in [-0.39, 0.29) is 0 Å². The van der Waals surface area contributed by atoms with Crippen LogP contribution in [0.25, 0.3) is 0 Å². The third-order valence-corrected chi connectivity index (χ3v) is 3.43. The summed E-state index contributed by atoms with van der Waals surface area (Å²) >= 11 is 0. The lowest BCUT2D eigenvalue weighted by molar-refractivity contribution is 0.262. The van der Waals surface area contributed by atoms with Crippen LogP contribution in [-0.2, 0) is 6.42 Å². The van der Waals surface area contributed by atoms with Crippen LogP contribution in [0, 0.1) is 6.92 Å². The minimum Gasteiger partial charge on any atom is -0.493 e. The molecule has 2 aromatic carbocycles. The summed E-state index contributed by atoms with van der Waals surface area (Å²) < 4.78 is 5.82. The normalized spacial score (nSPS) is 18.3. The van der Waals surface area contributed by atoms with Crippen molar-refractivity contribution < 1.29 is 4.74 Å². The van der Waals surface area contributed by atoms with Crippen LogP contribution in [0.1, 0.15) is 22.6 Å². The van der Waals surface area contributed by atoms with Gasteiger partial charge < -0.3 is 4.74 Å².